The van der Waals surface area contributed by atoms with Crippen LogP contribution >= 0.6 is 0 Å². The van der Waals surface area contributed by atoms with Gasteiger partial charge in [0.05, 0.1) is 35.7 Å². The fourth-order valence-electron chi connectivity index (χ4n) is 2.77. The van der Waals surface area contributed by atoms with Crippen molar-refractivity contribution in [3.8, 4) is 0 Å². The lowest BCUT2D eigenvalue weighted by Gasteiger charge is -2.44. The van der Waals surface area contributed by atoms with Gasteiger partial charge >= 0.3 is 12.1 Å². The number of aromatic carboxylic acids is 1. The molecule has 2 N–H and O–H groups in total. The zero-order valence-corrected chi connectivity index (χ0v) is 15.7. The zero-order valence-electron chi connectivity index (χ0n) is 15.7. The van der Waals surface area contributed by atoms with Crippen LogP contribution in [0.15, 0.2) is 12.1 Å². The smallest absolute Gasteiger partial charge is 0.412 e. The lowest BCUT2D eigenvalue weighted by molar-refractivity contribution is 0.0635. The highest BCUT2D eigenvalue weighted by Gasteiger charge is 2.33. The number of nitrogens with zero attached hydrogens (tertiary/aromatic N) is 1. The van der Waals surface area contributed by atoms with E-state index in [-0.39, 0.29) is 16.9 Å². The first-order valence-electron chi connectivity index (χ1n) is 8.33. The number of ether oxygens (including phenoxy) is 2. The summed E-state index contributed by atoms with van der Waals surface area (Å²) in [6.45, 7) is 10.0. The number of carbonyl (C=O) groups is 2. The van der Waals surface area contributed by atoms with Crippen molar-refractivity contribution in [1.29, 1.82) is 0 Å². The molecule has 0 aromatic heterocycles. The molecule has 0 radical (unpaired) electrons. The van der Waals surface area contributed by atoms with E-state index in [2.05, 4.69) is 5.32 Å². The zero-order chi connectivity index (χ0) is 19.7. The Kier molecular flexibility index (Phi) is 5.46. The van der Waals surface area contributed by atoms with Crippen molar-refractivity contribution in [3.63, 3.8) is 0 Å². The van der Waals surface area contributed by atoms with Crippen LogP contribution in [0.2, 0.25) is 0 Å². The van der Waals surface area contributed by atoms with E-state index in [4.69, 9.17) is 9.47 Å². The van der Waals surface area contributed by atoms with E-state index >= 15 is 0 Å². The van der Waals surface area contributed by atoms with Crippen molar-refractivity contribution in [2.24, 2.45) is 0 Å². The van der Waals surface area contributed by atoms with Crippen LogP contribution in [0.3, 0.4) is 0 Å². The van der Waals surface area contributed by atoms with Gasteiger partial charge in [-0.1, -0.05) is 0 Å². The summed E-state index contributed by atoms with van der Waals surface area (Å²) in [6.07, 6.45) is -0.848. The minimum atomic E-state index is -1.27. The summed E-state index contributed by atoms with van der Waals surface area (Å²) in [5.41, 5.74) is -1.46. The molecule has 1 aromatic rings. The molecule has 1 fully saturated rings. The SMILES string of the molecule is CC(C)(C)OC(=O)Nc1cc(F)c(N2CCOCC2(C)C)cc1C(=O)O. The number of nitrogens with one attached hydrogen (secondary N) is 1. The molecule has 144 valence electrons. The molecule has 1 aliphatic heterocycles. The van der Waals surface area contributed by atoms with Crippen LogP contribution in [-0.2, 0) is 9.47 Å². The lowest BCUT2D eigenvalue weighted by Crippen LogP contribution is -2.53. The largest absolute Gasteiger partial charge is 0.478 e. The average Bonchev–Trinajstić information content (AvgIpc) is 2.45. The monoisotopic (exact) mass is 368 g/mol. The van der Waals surface area contributed by atoms with Crippen molar-refractivity contribution in [2.75, 3.05) is 30.0 Å². The summed E-state index contributed by atoms with van der Waals surface area (Å²) in [7, 11) is 0. The molecular formula is C18H25FN2O5. The van der Waals surface area contributed by atoms with E-state index in [1.54, 1.807) is 25.7 Å². The Morgan fingerprint density at radius 3 is 2.54 bits per heavy atom. The standard InChI is InChI=1S/C18H25FN2O5/c1-17(2,3)26-16(24)20-13-9-12(19)14(8-11(13)15(22)23)21-6-7-25-10-18(21,4)5/h8-9H,6-7,10H2,1-5H3,(H,20,24)(H,22,23). The molecule has 0 bridgehead atoms. The molecule has 1 saturated heterocycles. The normalized spacial score (nSPS) is 16.9. The van der Waals surface area contributed by atoms with Crippen LogP contribution in [0.5, 0.6) is 0 Å². The van der Waals surface area contributed by atoms with Crippen molar-refractivity contribution in [2.45, 2.75) is 45.8 Å². The number of amides is 1. The number of carboxylic acids is 1. The van der Waals surface area contributed by atoms with Gasteiger partial charge in [-0.25, -0.2) is 14.0 Å². The molecule has 1 aromatic carbocycles. The van der Waals surface area contributed by atoms with Gasteiger partial charge in [0.1, 0.15) is 11.4 Å². The Morgan fingerprint density at radius 1 is 1.35 bits per heavy atom. The van der Waals surface area contributed by atoms with Gasteiger partial charge < -0.3 is 19.5 Å². The Hall–Kier alpha value is -2.35. The fourth-order valence-corrected chi connectivity index (χ4v) is 2.77. The van der Waals surface area contributed by atoms with E-state index in [0.717, 1.165) is 6.07 Å². The van der Waals surface area contributed by atoms with E-state index in [1.807, 2.05) is 13.8 Å². The first-order chi connectivity index (χ1) is 11.9. The molecule has 0 spiro atoms. The summed E-state index contributed by atoms with van der Waals surface area (Å²) in [6, 6.07) is 2.24. The van der Waals surface area contributed by atoms with E-state index in [1.165, 1.54) is 6.07 Å². The summed E-state index contributed by atoms with van der Waals surface area (Å²) < 4.78 is 25.3. The molecule has 8 heteroatoms. The van der Waals surface area contributed by atoms with Gasteiger partial charge in [0.15, 0.2) is 0 Å². The molecule has 0 unspecified atom stereocenters. The maximum absolute atomic E-state index is 14.7. The number of anilines is 2. The molecule has 0 aliphatic carbocycles. The highest BCUT2D eigenvalue weighted by molar-refractivity contribution is 6.00. The van der Waals surface area contributed by atoms with Crippen LogP contribution in [0, 0.1) is 5.82 Å². The van der Waals surface area contributed by atoms with Crippen molar-refractivity contribution in [3.05, 3.63) is 23.5 Å². The van der Waals surface area contributed by atoms with Crippen molar-refractivity contribution in [1.82, 2.24) is 0 Å². The van der Waals surface area contributed by atoms with Crippen LogP contribution in [0.4, 0.5) is 20.6 Å². The van der Waals surface area contributed by atoms with E-state index < -0.39 is 29.0 Å². The first kappa shape index (κ1) is 20.0. The third kappa shape index (κ3) is 4.63. The van der Waals surface area contributed by atoms with Gasteiger partial charge in [0.2, 0.25) is 0 Å². The van der Waals surface area contributed by atoms with Gasteiger partial charge in [0.25, 0.3) is 0 Å². The van der Waals surface area contributed by atoms with Gasteiger partial charge in [0, 0.05) is 12.6 Å². The number of hydrogen-bond acceptors (Lipinski definition) is 5. The number of morpholine rings is 1. The molecule has 1 heterocycles. The molecule has 1 amide bonds. The highest BCUT2D eigenvalue weighted by atomic mass is 19.1. The predicted octanol–water partition coefficient (Wildman–Crippen LogP) is 3.49. The molecule has 7 nitrogen and oxygen atoms in total. The van der Waals surface area contributed by atoms with Gasteiger partial charge in [-0.05, 0) is 40.7 Å². The Bertz CT molecular complexity index is 712. The number of carbonyl (C=O) groups excluding carboxylic acids is 1. The molecule has 1 aliphatic rings. The number of rotatable bonds is 3. The third-order valence-corrected chi connectivity index (χ3v) is 3.89. The maximum atomic E-state index is 14.7. The van der Waals surface area contributed by atoms with E-state index in [0.29, 0.717) is 19.8 Å². The van der Waals surface area contributed by atoms with Gasteiger partial charge in [-0.3, -0.25) is 5.32 Å². The first-order valence-corrected chi connectivity index (χ1v) is 8.33. The number of hydrogen-bond donors (Lipinski definition) is 2. The quantitative estimate of drug-likeness (QED) is 0.849. The number of halogens is 1. The van der Waals surface area contributed by atoms with Gasteiger partial charge in [-0.15, -0.1) is 0 Å². The summed E-state index contributed by atoms with van der Waals surface area (Å²) >= 11 is 0. The molecule has 26 heavy (non-hydrogen) atoms. The van der Waals surface area contributed by atoms with E-state index in [9.17, 15) is 19.1 Å². The minimum Gasteiger partial charge on any atom is -0.478 e. The molecule has 2 rings (SSSR count). The number of carboxylic acid groups (broad SMARTS) is 1. The molecule has 0 saturated carbocycles. The number of benzene rings is 1. The Balaban J connectivity index is 2.39. The lowest BCUT2D eigenvalue weighted by atomic mass is 10.00. The highest BCUT2D eigenvalue weighted by Crippen LogP contribution is 2.33. The van der Waals surface area contributed by atoms with Crippen LogP contribution in [0.1, 0.15) is 45.0 Å². The van der Waals surface area contributed by atoms with Gasteiger partial charge in [-0.2, -0.15) is 0 Å². The average molecular weight is 368 g/mol. The second-order valence-electron chi connectivity index (χ2n) is 7.80. The Morgan fingerprint density at radius 2 is 2.00 bits per heavy atom. The summed E-state index contributed by atoms with van der Waals surface area (Å²) in [5.74, 6) is -1.90. The topological polar surface area (TPSA) is 88.1 Å². The molecular weight excluding hydrogens is 343 g/mol. The van der Waals surface area contributed by atoms with Crippen molar-refractivity contribution < 1.29 is 28.6 Å². The molecule has 0 atom stereocenters. The minimum absolute atomic E-state index is 0.154. The van der Waals surface area contributed by atoms with Crippen LogP contribution in [-0.4, -0.2) is 48.1 Å². The predicted molar refractivity (Wildman–Crippen MR) is 95.5 cm³/mol. The maximum Gasteiger partial charge on any atom is 0.412 e. The summed E-state index contributed by atoms with van der Waals surface area (Å²) in [5, 5.41) is 11.8. The second kappa shape index (κ2) is 7.11. The third-order valence-electron chi connectivity index (χ3n) is 3.89. The summed E-state index contributed by atoms with van der Waals surface area (Å²) in [4.78, 5) is 25.3. The fraction of sp³-hybridized carbons (Fsp3) is 0.556. The van der Waals surface area contributed by atoms with Crippen LogP contribution < -0.4 is 10.2 Å². The van der Waals surface area contributed by atoms with Crippen molar-refractivity contribution >= 4 is 23.4 Å². The second-order valence-corrected chi connectivity index (χ2v) is 7.80. The van der Waals surface area contributed by atoms with Crippen LogP contribution in [0.25, 0.3) is 0 Å². The Labute approximate surface area is 152 Å².